The first kappa shape index (κ1) is 40.5. The molecular formula is C26H48N10O9. The maximum atomic E-state index is 13.1. The fourth-order valence-corrected chi connectivity index (χ4v) is 3.79. The first-order chi connectivity index (χ1) is 21.0. The summed E-state index contributed by atoms with van der Waals surface area (Å²) in [6, 6.07) is -7.46. The SMILES string of the molecule is CC[C@H](C)[C@H](NC(=O)[C@H](CC(=O)O)NC(=O)[C@H](C)NC(=O)[C@H](CO)NC(=O)[C@H](CCCNC(=N)N)NC)C(=O)N[C@@H](C)C(N)=O. The second kappa shape index (κ2) is 20.4. The Labute approximate surface area is 261 Å². The third-order valence-electron chi connectivity index (χ3n) is 6.81. The summed E-state index contributed by atoms with van der Waals surface area (Å²) in [7, 11) is 1.52. The Kier molecular flexibility index (Phi) is 18.4. The second-order valence-corrected chi connectivity index (χ2v) is 10.5. The van der Waals surface area contributed by atoms with Crippen LogP contribution in [-0.2, 0) is 33.6 Å². The number of amides is 6. The van der Waals surface area contributed by atoms with Gasteiger partial charge in [-0.1, -0.05) is 20.3 Å². The lowest BCUT2D eigenvalue weighted by Crippen LogP contribution is -2.60. The number of aliphatic hydroxyl groups is 1. The molecule has 256 valence electrons. The summed E-state index contributed by atoms with van der Waals surface area (Å²) in [5.74, 6) is -7.20. The molecule has 0 unspecified atom stereocenters. The van der Waals surface area contributed by atoms with Crippen molar-refractivity contribution in [2.45, 2.75) is 89.6 Å². The quantitative estimate of drug-likeness (QED) is 0.0319. The van der Waals surface area contributed by atoms with Crippen molar-refractivity contribution in [3.8, 4) is 0 Å². The summed E-state index contributed by atoms with van der Waals surface area (Å²) in [6.45, 7) is 5.48. The molecule has 0 fully saturated rings. The molecule has 14 N–H and O–H groups in total. The van der Waals surface area contributed by atoms with Gasteiger partial charge in [-0.25, -0.2) is 0 Å². The Hall–Kier alpha value is -4.52. The van der Waals surface area contributed by atoms with E-state index in [2.05, 4.69) is 37.2 Å². The minimum absolute atomic E-state index is 0.222. The molecule has 0 aromatic carbocycles. The van der Waals surface area contributed by atoms with Crippen molar-refractivity contribution in [2.75, 3.05) is 20.2 Å². The smallest absolute Gasteiger partial charge is 0.305 e. The Morgan fingerprint density at radius 2 is 1.29 bits per heavy atom. The van der Waals surface area contributed by atoms with Crippen molar-refractivity contribution in [2.24, 2.45) is 17.4 Å². The van der Waals surface area contributed by atoms with Gasteiger partial charge in [-0.05, 0) is 39.7 Å². The third kappa shape index (κ3) is 15.2. The monoisotopic (exact) mass is 644 g/mol. The standard InChI is InChI=1S/C26H48N10O9/c1-6-12(2)19(25(45)32-13(3)20(27)40)36-23(43)16(10-18(38)39)34-21(41)14(4)33-24(44)17(11-37)35-22(42)15(30-5)8-7-9-31-26(28)29/h12-17,19,30,37H,6-11H2,1-5H3,(H2,27,40)(H,32,45)(H,33,44)(H,34,41)(H,35,42)(H,36,43)(H,38,39)(H4,28,29,31)/t12-,13-,14-,15-,16-,17-,19-/m0/s1. The highest BCUT2D eigenvalue weighted by Gasteiger charge is 2.33. The van der Waals surface area contributed by atoms with Crippen LogP contribution in [0.25, 0.3) is 0 Å². The van der Waals surface area contributed by atoms with Gasteiger partial charge in [0, 0.05) is 6.54 Å². The maximum Gasteiger partial charge on any atom is 0.305 e. The van der Waals surface area contributed by atoms with Gasteiger partial charge >= 0.3 is 5.97 Å². The zero-order chi connectivity index (χ0) is 34.9. The summed E-state index contributed by atoms with van der Waals surface area (Å²) in [6.07, 6.45) is 0.300. The van der Waals surface area contributed by atoms with E-state index in [1.165, 1.54) is 20.9 Å². The molecule has 7 atom stereocenters. The number of likely N-dealkylation sites (N-methyl/N-ethyl adjacent to an activating group) is 1. The lowest BCUT2D eigenvalue weighted by Gasteiger charge is -2.27. The van der Waals surface area contributed by atoms with Gasteiger partial charge < -0.3 is 58.9 Å². The fourth-order valence-electron chi connectivity index (χ4n) is 3.79. The van der Waals surface area contributed by atoms with Gasteiger partial charge in [0.15, 0.2) is 5.96 Å². The number of carboxylic acids is 1. The van der Waals surface area contributed by atoms with E-state index in [4.69, 9.17) is 16.9 Å². The molecule has 0 saturated carbocycles. The molecule has 0 heterocycles. The molecule has 0 aromatic rings. The van der Waals surface area contributed by atoms with Crippen molar-refractivity contribution >= 4 is 47.4 Å². The normalized spacial score (nSPS) is 15.4. The van der Waals surface area contributed by atoms with Crippen LogP contribution >= 0.6 is 0 Å². The van der Waals surface area contributed by atoms with Crippen LogP contribution in [-0.4, -0.2) is 114 Å². The number of primary amides is 1. The number of aliphatic hydroxyl groups excluding tert-OH is 1. The number of guanidine groups is 1. The molecule has 0 bridgehead atoms. The molecule has 0 saturated heterocycles. The Morgan fingerprint density at radius 1 is 0.756 bits per heavy atom. The van der Waals surface area contributed by atoms with Gasteiger partial charge in [0.25, 0.3) is 0 Å². The molecule has 0 spiro atoms. The Morgan fingerprint density at radius 3 is 1.78 bits per heavy atom. The van der Waals surface area contributed by atoms with Crippen molar-refractivity contribution in [3.63, 3.8) is 0 Å². The number of carbonyl (C=O) groups is 7. The third-order valence-corrected chi connectivity index (χ3v) is 6.81. The summed E-state index contributed by atoms with van der Waals surface area (Å²) in [5.41, 5.74) is 10.4. The number of aliphatic carboxylic acids is 1. The van der Waals surface area contributed by atoms with E-state index in [9.17, 15) is 43.8 Å². The molecule has 0 aromatic heterocycles. The predicted molar refractivity (Wildman–Crippen MR) is 161 cm³/mol. The highest BCUT2D eigenvalue weighted by molar-refractivity contribution is 5.97. The van der Waals surface area contributed by atoms with Crippen LogP contribution in [0.3, 0.4) is 0 Å². The van der Waals surface area contributed by atoms with Crippen molar-refractivity contribution in [3.05, 3.63) is 0 Å². The first-order valence-electron chi connectivity index (χ1n) is 14.4. The first-order valence-corrected chi connectivity index (χ1v) is 14.4. The average molecular weight is 645 g/mol. The highest BCUT2D eigenvalue weighted by Crippen LogP contribution is 2.10. The van der Waals surface area contributed by atoms with Crippen LogP contribution in [0.1, 0.15) is 53.4 Å². The van der Waals surface area contributed by atoms with E-state index in [0.717, 1.165) is 0 Å². The molecule has 6 amide bonds. The number of nitrogens with one attached hydrogen (secondary N) is 8. The minimum atomic E-state index is -1.66. The van der Waals surface area contributed by atoms with Crippen molar-refractivity contribution in [1.29, 1.82) is 5.41 Å². The summed E-state index contributed by atoms with van der Waals surface area (Å²) >= 11 is 0. The minimum Gasteiger partial charge on any atom is -0.481 e. The molecule has 19 heteroatoms. The second-order valence-electron chi connectivity index (χ2n) is 10.5. The molecular weight excluding hydrogens is 596 g/mol. The number of nitrogens with two attached hydrogens (primary N) is 2. The molecule has 19 nitrogen and oxygen atoms in total. The number of carboxylic acid groups (broad SMARTS) is 1. The van der Waals surface area contributed by atoms with Gasteiger partial charge in [0.05, 0.1) is 19.1 Å². The van der Waals surface area contributed by atoms with Crippen LogP contribution in [0.5, 0.6) is 0 Å². The van der Waals surface area contributed by atoms with Crippen molar-refractivity contribution < 1.29 is 43.8 Å². The van der Waals surface area contributed by atoms with Crippen LogP contribution in [0, 0.1) is 11.3 Å². The Balaban J connectivity index is 5.47. The zero-order valence-electron chi connectivity index (χ0n) is 26.2. The summed E-state index contributed by atoms with van der Waals surface area (Å²) < 4.78 is 0. The molecule has 0 radical (unpaired) electrons. The van der Waals surface area contributed by atoms with E-state index >= 15 is 0 Å². The Bertz CT molecular complexity index is 1070. The van der Waals surface area contributed by atoms with E-state index in [-0.39, 0.29) is 5.96 Å². The highest BCUT2D eigenvalue weighted by atomic mass is 16.4. The maximum absolute atomic E-state index is 13.1. The van der Waals surface area contributed by atoms with Crippen LogP contribution in [0.2, 0.25) is 0 Å². The van der Waals surface area contributed by atoms with Crippen molar-refractivity contribution in [1.82, 2.24) is 37.2 Å². The number of rotatable bonds is 21. The molecule has 45 heavy (non-hydrogen) atoms. The van der Waals surface area contributed by atoms with Gasteiger partial charge in [0.2, 0.25) is 35.4 Å². The topological polar surface area (TPSA) is 320 Å². The lowest BCUT2D eigenvalue weighted by molar-refractivity contribution is -0.141. The van der Waals surface area contributed by atoms with Gasteiger partial charge in [-0.2, -0.15) is 0 Å². The zero-order valence-corrected chi connectivity index (χ0v) is 26.2. The van der Waals surface area contributed by atoms with E-state index in [0.29, 0.717) is 25.8 Å². The van der Waals surface area contributed by atoms with Gasteiger partial charge in [-0.3, -0.25) is 39.0 Å². The summed E-state index contributed by atoms with van der Waals surface area (Å²) in [5, 5.41) is 43.2. The fraction of sp³-hybridized carbons (Fsp3) is 0.692. The average Bonchev–Trinajstić information content (AvgIpc) is 2.96. The molecule has 0 rings (SSSR count). The van der Waals surface area contributed by atoms with Crippen LogP contribution in [0.15, 0.2) is 0 Å². The number of hydrogen-bond donors (Lipinski definition) is 12. The largest absolute Gasteiger partial charge is 0.481 e. The van der Waals surface area contributed by atoms with E-state index in [1.807, 2.05) is 0 Å². The number of carbonyl (C=O) groups excluding carboxylic acids is 6. The molecule has 0 aliphatic heterocycles. The lowest BCUT2D eigenvalue weighted by atomic mass is 9.97. The number of hydrogen-bond acceptors (Lipinski definition) is 10. The molecule has 0 aliphatic rings. The van der Waals surface area contributed by atoms with Gasteiger partial charge in [0.1, 0.15) is 30.2 Å². The van der Waals surface area contributed by atoms with Gasteiger partial charge in [-0.15, -0.1) is 0 Å². The summed E-state index contributed by atoms with van der Waals surface area (Å²) in [4.78, 5) is 86.9. The van der Waals surface area contributed by atoms with Crippen LogP contribution < -0.4 is 48.7 Å². The predicted octanol–water partition coefficient (Wildman–Crippen LogP) is -4.70. The van der Waals surface area contributed by atoms with Crippen LogP contribution in [0.4, 0.5) is 0 Å². The van der Waals surface area contributed by atoms with E-state index < -0.39 is 96.6 Å². The molecule has 0 aliphatic carbocycles. The van der Waals surface area contributed by atoms with E-state index in [1.54, 1.807) is 13.8 Å².